The number of phenolic OH excluding ortho intramolecular Hbond substituents is 1. The third-order valence-corrected chi connectivity index (χ3v) is 5.87. The van der Waals surface area contributed by atoms with Gasteiger partial charge < -0.3 is 14.8 Å². The summed E-state index contributed by atoms with van der Waals surface area (Å²) in [5, 5.41) is 20.3. The van der Waals surface area contributed by atoms with Gasteiger partial charge in [0.05, 0.1) is 11.4 Å². The van der Waals surface area contributed by atoms with Crippen LogP contribution in [0.15, 0.2) is 36.4 Å². The number of phenols is 1. The molecule has 2 N–H and O–H groups in total. The molecule has 5 heteroatoms. The first-order valence-electron chi connectivity index (χ1n) is 9.64. The highest BCUT2D eigenvalue weighted by Gasteiger charge is 2.39. The zero-order valence-electron chi connectivity index (χ0n) is 16.2. The third kappa shape index (κ3) is 2.86. The van der Waals surface area contributed by atoms with Crippen molar-refractivity contribution < 1.29 is 19.4 Å². The number of nitrogens with zero attached hydrogens (tertiary/aromatic N) is 1. The van der Waals surface area contributed by atoms with Crippen molar-refractivity contribution in [1.29, 1.82) is 0 Å². The minimum Gasteiger partial charge on any atom is -0.508 e. The lowest BCUT2D eigenvalue weighted by atomic mass is 9.70. The Balaban J connectivity index is 1.98. The zero-order chi connectivity index (χ0) is 20.2. The minimum atomic E-state index is -0.747. The average Bonchev–Trinajstić information content (AvgIpc) is 2.90. The van der Waals surface area contributed by atoms with Gasteiger partial charge in [-0.2, -0.15) is 0 Å². The Morgan fingerprint density at radius 2 is 1.89 bits per heavy atom. The van der Waals surface area contributed by atoms with Crippen molar-refractivity contribution >= 4 is 16.9 Å². The Labute approximate surface area is 163 Å². The van der Waals surface area contributed by atoms with Crippen LogP contribution in [0.3, 0.4) is 0 Å². The molecule has 2 aromatic carbocycles. The Kier molecular flexibility index (Phi) is 4.41. The van der Waals surface area contributed by atoms with Gasteiger partial charge in [0.2, 0.25) is 0 Å². The SMILES string of the molecule is Cc1cc(-n2c(C(C)C)c([C@H]3C[C@H](C(=O)O)C3)c3cc(O)ccc32)ccc1F. The molecule has 0 aliphatic heterocycles. The fourth-order valence-electron chi connectivity index (χ4n) is 4.42. The molecule has 4 nitrogen and oxygen atoms in total. The summed E-state index contributed by atoms with van der Waals surface area (Å²) in [6.07, 6.45) is 1.21. The molecule has 146 valence electrons. The summed E-state index contributed by atoms with van der Waals surface area (Å²) < 4.78 is 16.0. The Morgan fingerprint density at radius 1 is 1.18 bits per heavy atom. The first-order valence-corrected chi connectivity index (χ1v) is 9.64. The van der Waals surface area contributed by atoms with E-state index in [1.54, 1.807) is 25.1 Å². The monoisotopic (exact) mass is 381 g/mol. The quantitative estimate of drug-likeness (QED) is 0.628. The maximum atomic E-state index is 13.9. The molecule has 0 atom stereocenters. The summed E-state index contributed by atoms with van der Waals surface area (Å²) >= 11 is 0. The van der Waals surface area contributed by atoms with Crippen LogP contribution in [-0.4, -0.2) is 20.7 Å². The summed E-state index contributed by atoms with van der Waals surface area (Å²) in [7, 11) is 0. The van der Waals surface area contributed by atoms with Crippen LogP contribution in [0.5, 0.6) is 5.75 Å². The summed E-state index contributed by atoms with van der Waals surface area (Å²) in [5.74, 6) is -0.792. The molecule has 1 aliphatic carbocycles. The molecule has 1 aliphatic rings. The van der Waals surface area contributed by atoms with Gasteiger partial charge in [0, 0.05) is 16.8 Å². The van der Waals surface area contributed by atoms with Gasteiger partial charge in [0.25, 0.3) is 0 Å². The van der Waals surface area contributed by atoms with E-state index in [4.69, 9.17) is 0 Å². The van der Waals surface area contributed by atoms with E-state index in [9.17, 15) is 19.4 Å². The molecule has 0 radical (unpaired) electrons. The first-order chi connectivity index (χ1) is 13.3. The van der Waals surface area contributed by atoms with Crippen molar-refractivity contribution in [3.05, 3.63) is 59.0 Å². The van der Waals surface area contributed by atoms with E-state index >= 15 is 0 Å². The molecule has 1 fully saturated rings. The normalized spacial score (nSPS) is 19.2. The molecule has 0 saturated heterocycles. The molecule has 1 aromatic heterocycles. The van der Waals surface area contributed by atoms with Gasteiger partial charge in [-0.25, -0.2) is 4.39 Å². The van der Waals surface area contributed by atoms with E-state index in [1.165, 1.54) is 6.07 Å². The standard InChI is InChI=1S/C23H24FNO3/c1-12(2)22-21(14-9-15(10-14)23(27)28)18-11-17(26)5-7-20(18)25(22)16-4-6-19(24)13(3)8-16/h4-8,11-12,14-15,26H,9-10H2,1-3H3,(H,27,28)/t14-,15-. The fraction of sp³-hybridized carbons (Fsp3) is 0.348. The van der Waals surface area contributed by atoms with Crippen LogP contribution < -0.4 is 0 Å². The van der Waals surface area contributed by atoms with Crippen LogP contribution in [0.25, 0.3) is 16.6 Å². The summed E-state index contributed by atoms with van der Waals surface area (Å²) in [6.45, 7) is 5.96. The number of halogens is 1. The zero-order valence-corrected chi connectivity index (χ0v) is 16.2. The topological polar surface area (TPSA) is 62.5 Å². The maximum absolute atomic E-state index is 13.9. The van der Waals surface area contributed by atoms with Crippen LogP contribution in [0, 0.1) is 18.7 Å². The van der Waals surface area contributed by atoms with Gasteiger partial charge in [-0.05, 0) is 79.1 Å². The lowest BCUT2D eigenvalue weighted by molar-refractivity contribution is -0.145. The molecule has 28 heavy (non-hydrogen) atoms. The largest absolute Gasteiger partial charge is 0.508 e. The number of rotatable bonds is 4. The molecule has 1 heterocycles. The molecule has 3 aromatic rings. The number of aromatic hydroxyl groups is 1. The molecular weight excluding hydrogens is 357 g/mol. The highest BCUT2D eigenvalue weighted by atomic mass is 19.1. The van der Waals surface area contributed by atoms with Gasteiger partial charge in [-0.15, -0.1) is 0 Å². The van der Waals surface area contributed by atoms with Crippen LogP contribution >= 0.6 is 0 Å². The van der Waals surface area contributed by atoms with E-state index in [0.29, 0.717) is 18.4 Å². The van der Waals surface area contributed by atoms with Crippen LogP contribution in [0.2, 0.25) is 0 Å². The van der Waals surface area contributed by atoms with Crippen molar-refractivity contribution in [1.82, 2.24) is 4.57 Å². The number of fused-ring (bicyclic) bond motifs is 1. The number of carboxylic acid groups (broad SMARTS) is 1. The second kappa shape index (κ2) is 6.66. The Hall–Kier alpha value is -2.82. The van der Waals surface area contributed by atoms with Crippen molar-refractivity contribution in [2.75, 3.05) is 0 Å². The Bertz CT molecular complexity index is 1080. The van der Waals surface area contributed by atoms with Gasteiger partial charge in [0.1, 0.15) is 11.6 Å². The van der Waals surface area contributed by atoms with Gasteiger partial charge >= 0.3 is 5.97 Å². The molecule has 0 amide bonds. The smallest absolute Gasteiger partial charge is 0.306 e. The minimum absolute atomic E-state index is 0.144. The number of hydrogen-bond donors (Lipinski definition) is 2. The van der Waals surface area contributed by atoms with E-state index in [0.717, 1.165) is 27.8 Å². The van der Waals surface area contributed by atoms with Crippen LogP contribution in [-0.2, 0) is 4.79 Å². The van der Waals surface area contributed by atoms with E-state index < -0.39 is 5.97 Å². The van der Waals surface area contributed by atoms with Gasteiger partial charge in [-0.1, -0.05) is 13.8 Å². The van der Waals surface area contributed by atoms with Crippen molar-refractivity contribution in [3.8, 4) is 11.4 Å². The van der Waals surface area contributed by atoms with Crippen molar-refractivity contribution in [2.24, 2.45) is 5.92 Å². The summed E-state index contributed by atoms with van der Waals surface area (Å²) in [6, 6.07) is 10.4. The van der Waals surface area contributed by atoms with Crippen LogP contribution in [0.4, 0.5) is 4.39 Å². The number of hydrogen-bond acceptors (Lipinski definition) is 2. The molecule has 0 bridgehead atoms. The molecule has 4 rings (SSSR count). The number of benzene rings is 2. The van der Waals surface area contributed by atoms with E-state index in [2.05, 4.69) is 18.4 Å². The number of carbonyl (C=O) groups is 1. The lowest BCUT2D eigenvalue weighted by Crippen LogP contribution is -2.29. The second-order valence-electron chi connectivity index (χ2n) is 8.13. The van der Waals surface area contributed by atoms with E-state index in [-0.39, 0.29) is 29.3 Å². The van der Waals surface area contributed by atoms with Crippen LogP contribution in [0.1, 0.15) is 55.3 Å². The maximum Gasteiger partial charge on any atom is 0.306 e. The third-order valence-electron chi connectivity index (χ3n) is 5.87. The van der Waals surface area contributed by atoms with Crippen molar-refractivity contribution in [3.63, 3.8) is 0 Å². The fourth-order valence-corrected chi connectivity index (χ4v) is 4.42. The predicted molar refractivity (Wildman–Crippen MR) is 107 cm³/mol. The number of carboxylic acids is 1. The molecule has 1 saturated carbocycles. The van der Waals surface area contributed by atoms with Gasteiger partial charge in [0.15, 0.2) is 0 Å². The molecular formula is C23H24FNO3. The van der Waals surface area contributed by atoms with Crippen molar-refractivity contribution in [2.45, 2.75) is 45.4 Å². The Morgan fingerprint density at radius 3 is 2.50 bits per heavy atom. The van der Waals surface area contributed by atoms with E-state index in [1.807, 2.05) is 12.1 Å². The average molecular weight is 381 g/mol. The lowest BCUT2D eigenvalue weighted by Gasteiger charge is -2.34. The number of aliphatic carboxylic acids is 1. The first kappa shape index (κ1) is 18.5. The van der Waals surface area contributed by atoms with Gasteiger partial charge in [-0.3, -0.25) is 4.79 Å². The highest BCUT2D eigenvalue weighted by molar-refractivity contribution is 5.90. The summed E-state index contributed by atoms with van der Waals surface area (Å²) in [5.41, 5.74) is 4.60. The number of aromatic nitrogens is 1. The molecule has 0 spiro atoms. The highest BCUT2D eigenvalue weighted by Crippen LogP contribution is 2.49. The predicted octanol–water partition coefficient (Wildman–Crippen LogP) is 5.49. The second-order valence-corrected chi connectivity index (χ2v) is 8.13. The molecule has 0 unspecified atom stereocenters. The summed E-state index contributed by atoms with van der Waals surface area (Å²) in [4.78, 5) is 11.3. The number of aryl methyl sites for hydroxylation is 1.